The second-order valence-corrected chi connectivity index (χ2v) is 13.3. The summed E-state index contributed by atoms with van der Waals surface area (Å²) in [4.78, 5) is 30.2. The van der Waals surface area contributed by atoms with Crippen LogP contribution in [-0.2, 0) is 22.6 Å². The molecule has 5 aliphatic rings. The summed E-state index contributed by atoms with van der Waals surface area (Å²) in [5.41, 5.74) is 2.60. The zero-order valence-electron chi connectivity index (χ0n) is 24.2. The van der Waals surface area contributed by atoms with Gasteiger partial charge in [-0.3, -0.25) is 19.4 Å². The van der Waals surface area contributed by atoms with E-state index in [1.54, 1.807) is 19.0 Å². The number of primary amides is 1. The number of hydrogen-bond acceptors (Lipinski definition) is 8. The van der Waals surface area contributed by atoms with Crippen LogP contribution in [0.5, 0.6) is 5.75 Å². The molecule has 3 fully saturated rings. The van der Waals surface area contributed by atoms with E-state index in [2.05, 4.69) is 11.5 Å². The fourth-order valence-electron chi connectivity index (χ4n) is 7.78. The summed E-state index contributed by atoms with van der Waals surface area (Å²) in [5, 5.41) is 45.4. The molecule has 1 aromatic rings. The number of phenolic OH excluding ortho intramolecular Hbond substituents is 1. The van der Waals surface area contributed by atoms with Crippen LogP contribution >= 0.6 is 0 Å². The Morgan fingerprint density at radius 1 is 1.14 bits per heavy atom. The quantitative estimate of drug-likeness (QED) is 0.315. The average molecular weight is 582 g/mol. The number of likely N-dealkylation sites (N-methyl/N-ethyl adjacent to an activating group) is 1. The van der Waals surface area contributed by atoms with Crippen LogP contribution in [0.3, 0.4) is 0 Å². The second-order valence-electron chi connectivity index (χ2n) is 13.3. The SMILES string of the molecule is C=C1C(C(N)=O)=C(O)[C@@H](N(C)C)[C@@H]2C[C@@H]3Cc4c(F)c(CN(CC5CCC5)CC5CC5)cc(O)c4C(O)=C3C(=O)[C@]12O. The minimum Gasteiger partial charge on any atom is -0.510 e. The number of hydrogen-bond donors (Lipinski definition) is 5. The normalized spacial score (nSPS) is 29.5. The van der Waals surface area contributed by atoms with Crippen molar-refractivity contribution < 1.29 is 34.4 Å². The Balaban J connectivity index is 1.40. The van der Waals surface area contributed by atoms with Crippen molar-refractivity contribution in [3.05, 3.63) is 57.6 Å². The molecule has 6 rings (SSSR count). The smallest absolute Gasteiger partial charge is 0.252 e. The molecule has 10 heteroatoms. The van der Waals surface area contributed by atoms with Crippen LogP contribution in [0.1, 0.15) is 55.2 Å². The van der Waals surface area contributed by atoms with Crippen LogP contribution in [0.25, 0.3) is 5.76 Å². The largest absolute Gasteiger partial charge is 0.510 e. The number of halogens is 1. The van der Waals surface area contributed by atoms with Crippen LogP contribution in [0.2, 0.25) is 0 Å². The maximum absolute atomic E-state index is 16.3. The predicted molar refractivity (Wildman–Crippen MR) is 154 cm³/mol. The molecule has 0 unspecified atom stereocenters. The molecular weight excluding hydrogens is 541 g/mol. The molecule has 1 amide bonds. The number of rotatable bonds is 8. The summed E-state index contributed by atoms with van der Waals surface area (Å²) in [6, 6.07) is 0.383. The molecule has 0 spiro atoms. The molecule has 4 atom stereocenters. The van der Waals surface area contributed by atoms with Gasteiger partial charge in [-0.25, -0.2) is 4.39 Å². The molecule has 0 aromatic heterocycles. The van der Waals surface area contributed by atoms with Crippen LogP contribution in [-0.4, -0.2) is 80.7 Å². The third-order valence-electron chi connectivity index (χ3n) is 10.3. The van der Waals surface area contributed by atoms with Gasteiger partial charge < -0.3 is 26.2 Å². The monoisotopic (exact) mass is 581 g/mol. The topological polar surface area (TPSA) is 148 Å². The van der Waals surface area contributed by atoms with Crippen molar-refractivity contribution >= 4 is 17.4 Å². The number of aliphatic hydroxyl groups is 3. The lowest BCUT2D eigenvalue weighted by Crippen LogP contribution is -2.63. The highest BCUT2D eigenvalue weighted by Crippen LogP contribution is 2.54. The summed E-state index contributed by atoms with van der Waals surface area (Å²) < 4.78 is 16.3. The number of aliphatic hydroxyl groups excluding tert-OH is 2. The fourth-order valence-corrected chi connectivity index (χ4v) is 7.78. The Morgan fingerprint density at radius 2 is 1.79 bits per heavy atom. The lowest BCUT2D eigenvalue weighted by molar-refractivity contribution is -0.143. The van der Waals surface area contributed by atoms with Gasteiger partial charge >= 0.3 is 0 Å². The van der Waals surface area contributed by atoms with Gasteiger partial charge in [0.15, 0.2) is 11.4 Å². The van der Waals surface area contributed by atoms with E-state index >= 15 is 4.39 Å². The van der Waals surface area contributed by atoms with Crippen molar-refractivity contribution in [3.63, 3.8) is 0 Å². The molecule has 3 saturated carbocycles. The summed E-state index contributed by atoms with van der Waals surface area (Å²) >= 11 is 0. The van der Waals surface area contributed by atoms with E-state index in [1.807, 2.05) is 0 Å². The second kappa shape index (κ2) is 10.2. The highest BCUT2D eigenvalue weighted by molar-refractivity contribution is 6.13. The van der Waals surface area contributed by atoms with E-state index in [0.29, 0.717) is 23.9 Å². The van der Waals surface area contributed by atoms with Crippen LogP contribution in [0.4, 0.5) is 4.39 Å². The molecule has 0 bridgehead atoms. The molecule has 0 aliphatic heterocycles. The standard InChI is InChI=1S/C32H40FN3O6/c1-15-23(31(34)41)29(39)27(35(2)3)21-10-18-9-20-25(28(38)24(18)30(40)32(15,21)42)22(37)11-19(26(20)33)14-36(13-17-7-8-17)12-16-5-4-6-16/h11,16-18,21,27,37-39,42H,1,4-10,12-14H2,2-3H3,(H2,34,41)/t18-,21-,27-,32-/m0/s1. The number of ketones is 1. The molecule has 42 heavy (non-hydrogen) atoms. The van der Waals surface area contributed by atoms with E-state index in [0.717, 1.165) is 13.1 Å². The third kappa shape index (κ3) is 4.37. The maximum Gasteiger partial charge on any atom is 0.252 e. The van der Waals surface area contributed by atoms with Gasteiger partial charge in [0.05, 0.1) is 17.2 Å². The van der Waals surface area contributed by atoms with Gasteiger partial charge in [0.25, 0.3) is 5.91 Å². The number of nitrogens with zero attached hydrogens (tertiary/aromatic N) is 2. The molecule has 0 saturated heterocycles. The van der Waals surface area contributed by atoms with E-state index < -0.39 is 52.3 Å². The number of phenols is 1. The van der Waals surface area contributed by atoms with Crippen LogP contribution < -0.4 is 5.73 Å². The van der Waals surface area contributed by atoms with E-state index in [9.17, 15) is 30.0 Å². The van der Waals surface area contributed by atoms with Crippen LogP contribution in [0.15, 0.2) is 35.1 Å². The van der Waals surface area contributed by atoms with Crippen LogP contribution in [0, 0.1) is 29.5 Å². The van der Waals surface area contributed by atoms with Gasteiger partial charge in [-0.2, -0.15) is 0 Å². The predicted octanol–water partition coefficient (Wildman–Crippen LogP) is 3.10. The van der Waals surface area contributed by atoms with Crippen molar-refractivity contribution in [1.82, 2.24) is 9.80 Å². The molecule has 6 N–H and O–H groups in total. The molecule has 0 radical (unpaired) electrons. The number of Topliss-reactive ketones (excluding diaryl/α,β-unsaturated/α-hetero) is 1. The molecule has 0 heterocycles. The Kier molecular flexibility index (Phi) is 7.02. The Bertz CT molecular complexity index is 1440. The van der Waals surface area contributed by atoms with E-state index in [-0.39, 0.29) is 46.6 Å². The maximum atomic E-state index is 16.3. The minimum atomic E-state index is -2.35. The Morgan fingerprint density at radius 3 is 2.33 bits per heavy atom. The fraction of sp³-hybridized carbons (Fsp3) is 0.562. The van der Waals surface area contributed by atoms with Gasteiger partial charge in [0, 0.05) is 47.8 Å². The van der Waals surface area contributed by atoms with Crippen molar-refractivity contribution in [2.75, 3.05) is 27.2 Å². The molecule has 226 valence electrons. The lowest BCUT2D eigenvalue weighted by atomic mass is 9.56. The first kappa shape index (κ1) is 28.9. The van der Waals surface area contributed by atoms with Crippen molar-refractivity contribution in [2.45, 2.75) is 63.1 Å². The highest BCUT2D eigenvalue weighted by atomic mass is 19.1. The van der Waals surface area contributed by atoms with Crippen molar-refractivity contribution in [2.24, 2.45) is 29.4 Å². The third-order valence-corrected chi connectivity index (χ3v) is 10.3. The van der Waals surface area contributed by atoms with Gasteiger partial charge in [0.1, 0.15) is 23.1 Å². The Hall–Kier alpha value is -3.21. The Labute approximate surface area is 244 Å². The minimum absolute atomic E-state index is 0.0192. The lowest BCUT2D eigenvalue weighted by Gasteiger charge is -2.52. The number of aromatic hydroxyl groups is 1. The van der Waals surface area contributed by atoms with Gasteiger partial charge in [0.2, 0.25) is 0 Å². The number of nitrogens with two attached hydrogens (primary N) is 1. The molecule has 5 aliphatic carbocycles. The highest BCUT2D eigenvalue weighted by Gasteiger charge is 2.62. The van der Waals surface area contributed by atoms with Crippen molar-refractivity contribution in [1.29, 1.82) is 0 Å². The van der Waals surface area contributed by atoms with E-state index in [4.69, 9.17) is 5.73 Å². The van der Waals surface area contributed by atoms with Gasteiger partial charge in [-0.05, 0) is 76.4 Å². The number of benzene rings is 1. The number of carbonyl (C=O) groups is 2. The zero-order valence-corrected chi connectivity index (χ0v) is 24.2. The summed E-state index contributed by atoms with van der Waals surface area (Å²) in [5.74, 6) is -4.16. The molecule has 1 aromatic carbocycles. The number of carbonyl (C=O) groups excluding carboxylic acids is 2. The summed E-state index contributed by atoms with van der Waals surface area (Å²) in [7, 11) is 3.27. The summed E-state index contributed by atoms with van der Waals surface area (Å²) in [6.45, 7) is 5.90. The van der Waals surface area contributed by atoms with Gasteiger partial charge in [-0.1, -0.05) is 13.0 Å². The van der Waals surface area contributed by atoms with E-state index in [1.165, 1.54) is 38.2 Å². The molecule has 9 nitrogen and oxygen atoms in total. The number of fused-ring (bicyclic) bond motifs is 3. The zero-order chi connectivity index (χ0) is 30.2. The first-order valence-corrected chi connectivity index (χ1v) is 14.9. The molecular formula is C32H40FN3O6. The van der Waals surface area contributed by atoms with Gasteiger partial charge in [-0.15, -0.1) is 0 Å². The number of amides is 1. The average Bonchev–Trinajstić information content (AvgIpc) is 3.70. The first-order valence-electron chi connectivity index (χ1n) is 14.9. The first-order chi connectivity index (χ1) is 19.8. The summed E-state index contributed by atoms with van der Waals surface area (Å²) in [6.07, 6.45) is 6.03. The van der Waals surface area contributed by atoms with Crippen molar-refractivity contribution in [3.8, 4) is 5.75 Å².